The van der Waals surface area contributed by atoms with Crippen LogP contribution in [0.5, 0.6) is 0 Å². The summed E-state index contributed by atoms with van der Waals surface area (Å²) in [5.74, 6) is -0.850. The number of alkyl halides is 3. The highest BCUT2D eigenvalue weighted by Crippen LogP contribution is 2.29. The lowest BCUT2D eigenvalue weighted by Gasteiger charge is -2.28. The van der Waals surface area contributed by atoms with Crippen LogP contribution in [0.15, 0.2) is 53.4 Å². The second-order valence-electron chi connectivity index (χ2n) is 8.24. The fourth-order valence-electron chi connectivity index (χ4n) is 3.45. The molecule has 0 bridgehead atoms. The summed E-state index contributed by atoms with van der Waals surface area (Å²) in [6.07, 6.45) is 1.82. The van der Waals surface area contributed by atoms with E-state index in [1.165, 1.54) is 32.1 Å². The molecule has 1 aromatic heterocycles. The van der Waals surface area contributed by atoms with Gasteiger partial charge in [0.2, 0.25) is 0 Å². The monoisotopic (exact) mass is 449 g/mol. The third-order valence-corrected chi connectivity index (χ3v) is 5.18. The number of nitrogens with zero attached hydrogens (tertiary/aromatic N) is 1. The standard InChI is InChI=1S/C22H26F3N5O2/c1-21(2,32)15-11-16(26)13(12-28-14-6-8-27-9-7-14)10-18(15)30-20(31)17-4-3-5-19(29-17)22(23,24)25/h3-5,10-12,14,26-28,32H,6-9H2,1-2H3,(H,30,31)/b13-12-,26-16?. The number of aromatic nitrogens is 1. The van der Waals surface area contributed by atoms with Crippen molar-refractivity contribution >= 4 is 11.6 Å². The van der Waals surface area contributed by atoms with Crippen molar-refractivity contribution in [3.63, 3.8) is 0 Å². The highest BCUT2D eigenvalue weighted by atomic mass is 19.4. The summed E-state index contributed by atoms with van der Waals surface area (Å²) in [7, 11) is 0. The van der Waals surface area contributed by atoms with Gasteiger partial charge in [-0.15, -0.1) is 0 Å². The SMILES string of the molecule is CC(C)(O)C1=CC(=N)/C(=C\NC2CCNCC2)C=C1NC(=O)c1cccc(C(F)(F)F)n1. The van der Waals surface area contributed by atoms with Crippen molar-refractivity contribution in [3.8, 4) is 0 Å². The summed E-state index contributed by atoms with van der Waals surface area (Å²) in [4.78, 5) is 16.1. The fourth-order valence-corrected chi connectivity index (χ4v) is 3.45. The number of halogens is 3. The summed E-state index contributed by atoms with van der Waals surface area (Å²) < 4.78 is 38.9. The van der Waals surface area contributed by atoms with Gasteiger partial charge in [-0.25, -0.2) is 4.98 Å². The van der Waals surface area contributed by atoms with Gasteiger partial charge < -0.3 is 26.5 Å². The Morgan fingerprint density at radius 2 is 1.94 bits per heavy atom. The molecule has 1 saturated heterocycles. The molecule has 5 N–H and O–H groups in total. The molecule has 0 radical (unpaired) electrons. The minimum atomic E-state index is -4.68. The smallest absolute Gasteiger partial charge is 0.388 e. The zero-order valence-electron chi connectivity index (χ0n) is 17.8. The number of pyridine rings is 1. The molecular weight excluding hydrogens is 423 g/mol. The molecule has 7 nitrogen and oxygen atoms in total. The van der Waals surface area contributed by atoms with Crippen molar-refractivity contribution in [2.45, 2.75) is 44.5 Å². The van der Waals surface area contributed by atoms with Crippen molar-refractivity contribution in [1.29, 1.82) is 5.41 Å². The zero-order chi connectivity index (χ0) is 23.5. The molecule has 0 aromatic carbocycles. The van der Waals surface area contributed by atoms with Crippen molar-refractivity contribution in [1.82, 2.24) is 20.9 Å². The Balaban J connectivity index is 1.87. The topological polar surface area (TPSA) is 110 Å². The van der Waals surface area contributed by atoms with Gasteiger partial charge in [0.05, 0.1) is 11.3 Å². The van der Waals surface area contributed by atoms with Crippen LogP contribution in [-0.4, -0.2) is 46.4 Å². The van der Waals surface area contributed by atoms with Crippen LogP contribution in [0.3, 0.4) is 0 Å². The molecule has 1 aromatic rings. The van der Waals surface area contributed by atoms with E-state index in [4.69, 9.17) is 5.41 Å². The van der Waals surface area contributed by atoms with Crippen molar-refractivity contribution in [2.75, 3.05) is 13.1 Å². The molecule has 0 spiro atoms. The van der Waals surface area contributed by atoms with E-state index in [1.807, 2.05) is 0 Å². The van der Waals surface area contributed by atoms with Gasteiger partial charge in [-0.1, -0.05) is 6.07 Å². The molecular formula is C22H26F3N5O2. The first-order valence-corrected chi connectivity index (χ1v) is 10.2. The summed E-state index contributed by atoms with van der Waals surface area (Å²) in [5.41, 5.74) is -1.91. The normalized spacial score (nSPS) is 19.4. The number of hydrogen-bond acceptors (Lipinski definition) is 6. The third-order valence-electron chi connectivity index (χ3n) is 5.18. The molecule has 10 heteroatoms. The summed E-state index contributed by atoms with van der Waals surface area (Å²) in [6.45, 7) is 4.78. The maximum atomic E-state index is 13.0. The fraction of sp³-hybridized carbons (Fsp3) is 0.409. The van der Waals surface area contributed by atoms with Crippen molar-refractivity contribution in [2.24, 2.45) is 0 Å². The number of allylic oxidation sites excluding steroid dienone is 3. The zero-order valence-corrected chi connectivity index (χ0v) is 17.8. The van der Waals surface area contributed by atoms with Crippen LogP contribution in [-0.2, 0) is 6.18 Å². The first kappa shape index (κ1) is 23.7. The van der Waals surface area contributed by atoms with Crippen LogP contribution < -0.4 is 16.0 Å². The van der Waals surface area contributed by atoms with Crippen LogP contribution in [0.1, 0.15) is 42.9 Å². The Bertz CT molecular complexity index is 984. The second kappa shape index (κ2) is 9.25. The second-order valence-corrected chi connectivity index (χ2v) is 8.24. The maximum Gasteiger partial charge on any atom is 0.433 e. The Labute approximate surface area is 184 Å². The van der Waals surface area contributed by atoms with E-state index in [0.717, 1.165) is 38.1 Å². The maximum absolute atomic E-state index is 13.0. The van der Waals surface area contributed by atoms with Crippen molar-refractivity contribution in [3.05, 3.63) is 64.8 Å². The molecule has 172 valence electrons. The predicted molar refractivity (Wildman–Crippen MR) is 114 cm³/mol. The molecule has 1 aliphatic heterocycles. The molecule has 1 amide bonds. The number of rotatable bonds is 5. The highest BCUT2D eigenvalue weighted by Gasteiger charge is 2.33. The lowest BCUT2D eigenvalue weighted by atomic mass is 9.87. The molecule has 1 aliphatic carbocycles. The molecule has 2 heterocycles. The average molecular weight is 449 g/mol. The van der Waals surface area contributed by atoms with Crippen molar-refractivity contribution < 1.29 is 23.1 Å². The molecule has 32 heavy (non-hydrogen) atoms. The van der Waals surface area contributed by atoms with Gasteiger partial charge in [-0.3, -0.25) is 4.79 Å². The van der Waals surface area contributed by atoms with E-state index in [0.29, 0.717) is 5.57 Å². The number of piperidine rings is 1. The Kier molecular flexibility index (Phi) is 6.85. The number of carbonyl (C=O) groups excluding carboxylic acids is 1. The van der Waals surface area contributed by atoms with Gasteiger partial charge in [0.25, 0.3) is 5.91 Å². The summed E-state index contributed by atoms with van der Waals surface area (Å²) in [6, 6.07) is 3.32. The van der Waals surface area contributed by atoms with Gasteiger partial charge in [-0.05, 0) is 64.1 Å². The molecule has 0 unspecified atom stereocenters. The van der Waals surface area contributed by atoms with E-state index in [2.05, 4.69) is 20.9 Å². The van der Waals surface area contributed by atoms with E-state index < -0.39 is 29.1 Å². The van der Waals surface area contributed by atoms with Crippen LogP contribution in [0.25, 0.3) is 0 Å². The number of amides is 1. The largest absolute Gasteiger partial charge is 0.433 e. The lowest BCUT2D eigenvalue weighted by molar-refractivity contribution is -0.141. The van der Waals surface area contributed by atoms with Crippen LogP contribution >= 0.6 is 0 Å². The Morgan fingerprint density at radius 1 is 1.25 bits per heavy atom. The number of hydrogen-bond donors (Lipinski definition) is 5. The Morgan fingerprint density at radius 3 is 2.56 bits per heavy atom. The third kappa shape index (κ3) is 5.83. The first-order valence-electron chi connectivity index (χ1n) is 10.2. The highest BCUT2D eigenvalue weighted by molar-refractivity contribution is 6.11. The van der Waals surface area contributed by atoms with Gasteiger partial charge in [-0.2, -0.15) is 13.2 Å². The van der Waals surface area contributed by atoms with E-state index in [-0.39, 0.29) is 23.0 Å². The first-order chi connectivity index (χ1) is 14.9. The summed E-state index contributed by atoms with van der Waals surface area (Å²) >= 11 is 0. The van der Waals surface area contributed by atoms with Crippen LogP contribution in [0.2, 0.25) is 0 Å². The average Bonchev–Trinajstić information content (AvgIpc) is 2.73. The van der Waals surface area contributed by atoms with Gasteiger partial charge in [0.15, 0.2) is 0 Å². The van der Waals surface area contributed by atoms with Gasteiger partial charge >= 0.3 is 6.18 Å². The minimum Gasteiger partial charge on any atom is -0.388 e. The Hall–Kier alpha value is -2.98. The number of nitrogens with one attached hydrogen (secondary N) is 4. The van der Waals surface area contributed by atoms with E-state index in [1.54, 1.807) is 6.20 Å². The predicted octanol–water partition coefficient (Wildman–Crippen LogP) is 2.67. The quantitative estimate of drug-likeness (QED) is 0.475. The molecule has 1 fully saturated rings. The van der Waals surface area contributed by atoms with Crippen LogP contribution in [0.4, 0.5) is 13.2 Å². The summed E-state index contributed by atoms with van der Waals surface area (Å²) in [5, 5.41) is 27.9. The number of carbonyl (C=O) groups is 1. The molecule has 2 aliphatic rings. The van der Waals surface area contributed by atoms with Gasteiger partial charge in [0, 0.05) is 29.1 Å². The van der Waals surface area contributed by atoms with E-state index in [9.17, 15) is 23.1 Å². The van der Waals surface area contributed by atoms with Gasteiger partial charge in [0.1, 0.15) is 11.4 Å². The molecule has 0 atom stereocenters. The lowest BCUT2D eigenvalue weighted by Crippen LogP contribution is -2.38. The van der Waals surface area contributed by atoms with E-state index >= 15 is 0 Å². The minimum absolute atomic E-state index is 0.138. The molecule has 3 rings (SSSR count). The van der Waals surface area contributed by atoms with Crippen LogP contribution in [0, 0.1) is 5.41 Å². The molecule has 0 saturated carbocycles. The number of aliphatic hydroxyl groups is 1.